The Bertz CT molecular complexity index is 557. The van der Waals surface area contributed by atoms with E-state index in [1.807, 2.05) is 31.2 Å². The highest BCUT2D eigenvalue weighted by Crippen LogP contribution is 2.22. The summed E-state index contributed by atoms with van der Waals surface area (Å²) in [5, 5.41) is 0.974. The first-order valence-electron chi connectivity index (χ1n) is 6.39. The van der Waals surface area contributed by atoms with Crippen molar-refractivity contribution in [1.82, 2.24) is 0 Å². The summed E-state index contributed by atoms with van der Waals surface area (Å²) in [5.74, 6) is 0.409. The molecule has 0 spiro atoms. The number of Topliss-reactive ketones (excluding diaryl/α,β-unsaturated/α-hetero) is 1. The molecule has 0 bridgehead atoms. The monoisotopic (exact) mass is 245 g/mol. The van der Waals surface area contributed by atoms with Crippen molar-refractivity contribution >= 4 is 16.8 Å². The lowest BCUT2D eigenvalue weighted by Crippen LogP contribution is -2.23. The van der Waals surface area contributed by atoms with Crippen molar-refractivity contribution < 1.29 is 9.21 Å². The third-order valence-corrected chi connectivity index (χ3v) is 3.05. The van der Waals surface area contributed by atoms with E-state index in [1.54, 1.807) is 0 Å². The number of aryl methyl sites for hydroxylation is 1. The maximum atomic E-state index is 12.0. The Morgan fingerprint density at radius 2 is 2.17 bits per heavy atom. The van der Waals surface area contributed by atoms with Crippen LogP contribution in [0.2, 0.25) is 0 Å². The number of fused-ring (bicyclic) bond motifs is 1. The molecule has 0 saturated heterocycles. The van der Waals surface area contributed by atoms with E-state index < -0.39 is 0 Å². The van der Waals surface area contributed by atoms with Gasteiger partial charge in [-0.05, 0) is 31.5 Å². The number of furan rings is 1. The number of hydrogen-bond donors (Lipinski definition) is 1. The minimum atomic E-state index is -0.0718. The zero-order chi connectivity index (χ0) is 13.1. The molecule has 0 aliphatic rings. The van der Waals surface area contributed by atoms with Gasteiger partial charge in [0.05, 0.1) is 0 Å². The van der Waals surface area contributed by atoms with Crippen LogP contribution in [0.5, 0.6) is 0 Å². The fraction of sp³-hybridized carbons (Fsp3) is 0.400. The van der Waals surface area contributed by atoms with Gasteiger partial charge in [0.25, 0.3) is 0 Å². The zero-order valence-corrected chi connectivity index (χ0v) is 10.9. The highest BCUT2D eigenvalue weighted by molar-refractivity contribution is 5.97. The number of ketones is 1. The highest BCUT2D eigenvalue weighted by atomic mass is 16.3. The number of nitrogens with two attached hydrogens (primary N) is 1. The molecule has 1 atom stereocenters. The SMILES string of the molecule is CCCC(N)CC(=O)c1cc2cc(C)ccc2o1. The topological polar surface area (TPSA) is 56.2 Å². The number of hydrogen-bond acceptors (Lipinski definition) is 3. The number of carbonyl (C=O) groups is 1. The maximum absolute atomic E-state index is 12.0. The van der Waals surface area contributed by atoms with Crippen LogP contribution in [0.25, 0.3) is 11.0 Å². The van der Waals surface area contributed by atoms with Gasteiger partial charge in [0.15, 0.2) is 11.5 Å². The van der Waals surface area contributed by atoms with Crippen molar-refractivity contribution in [3.8, 4) is 0 Å². The van der Waals surface area contributed by atoms with E-state index >= 15 is 0 Å². The zero-order valence-electron chi connectivity index (χ0n) is 10.9. The molecular formula is C15H19NO2. The van der Waals surface area contributed by atoms with Crippen molar-refractivity contribution in [1.29, 1.82) is 0 Å². The predicted molar refractivity (Wildman–Crippen MR) is 72.8 cm³/mol. The maximum Gasteiger partial charge on any atom is 0.199 e. The van der Waals surface area contributed by atoms with E-state index in [-0.39, 0.29) is 11.8 Å². The summed E-state index contributed by atoms with van der Waals surface area (Å²) in [6, 6.07) is 7.62. The first-order valence-corrected chi connectivity index (χ1v) is 6.39. The van der Waals surface area contributed by atoms with E-state index in [0.717, 1.165) is 29.4 Å². The minimum absolute atomic E-state index is 0.00944. The molecule has 2 rings (SSSR count). The first-order chi connectivity index (χ1) is 8.60. The number of benzene rings is 1. The van der Waals surface area contributed by atoms with Crippen molar-refractivity contribution in [2.75, 3.05) is 0 Å². The van der Waals surface area contributed by atoms with Crippen molar-refractivity contribution in [3.05, 3.63) is 35.6 Å². The summed E-state index contributed by atoms with van der Waals surface area (Å²) in [7, 11) is 0. The smallest absolute Gasteiger partial charge is 0.199 e. The van der Waals surface area contributed by atoms with Crippen molar-refractivity contribution in [2.24, 2.45) is 5.73 Å². The second kappa shape index (κ2) is 5.36. The molecule has 0 saturated carbocycles. The van der Waals surface area contributed by atoms with E-state index in [9.17, 15) is 4.79 Å². The Morgan fingerprint density at radius 1 is 1.39 bits per heavy atom. The van der Waals surface area contributed by atoms with E-state index in [2.05, 4.69) is 6.92 Å². The summed E-state index contributed by atoms with van der Waals surface area (Å²) in [6.07, 6.45) is 2.21. The lowest BCUT2D eigenvalue weighted by molar-refractivity contribution is 0.0948. The van der Waals surface area contributed by atoms with Crippen molar-refractivity contribution in [3.63, 3.8) is 0 Å². The van der Waals surface area contributed by atoms with Crippen LogP contribution in [-0.2, 0) is 0 Å². The molecule has 0 radical (unpaired) electrons. The second-order valence-electron chi connectivity index (χ2n) is 4.83. The van der Waals surface area contributed by atoms with E-state index in [1.165, 1.54) is 0 Å². The Balaban J connectivity index is 2.18. The van der Waals surface area contributed by atoms with Gasteiger partial charge in [0, 0.05) is 17.8 Å². The molecule has 1 aromatic heterocycles. The molecule has 3 heteroatoms. The molecule has 2 aromatic rings. The van der Waals surface area contributed by atoms with Crippen LogP contribution in [0, 0.1) is 6.92 Å². The molecule has 0 fully saturated rings. The molecule has 0 aliphatic carbocycles. The molecule has 1 aromatic carbocycles. The molecule has 2 N–H and O–H groups in total. The van der Waals surface area contributed by atoms with Gasteiger partial charge >= 0.3 is 0 Å². The second-order valence-corrected chi connectivity index (χ2v) is 4.83. The van der Waals surface area contributed by atoms with Gasteiger partial charge in [-0.25, -0.2) is 0 Å². The summed E-state index contributed by atoms with van der Waals surface area (Å²) < 4.78 is 5.56. The van der Waals surface area contributed by atoms with Gasteiger partial charge < -0.3 is 10.2 Å². The highest BCUT2D eigenvalue weighted by Gasteiger charge is 2.15. The van der Waals surface area contributed by atoms with Crippen LogP contribution in [0.3, 0.4) is 0 Å². The number of carbonyl (C=O) groups excluding carboxylic acids is 1. The third kappa shape index (κ3) is 2.79. The van der Waals surface area contributed by atoms with Crippen LogP contribution in [-0.4, -0.2) is 11.8 Å². The van der Waals surface area contributed by atoms with Crippen LogP contribution in [0.4, 0.5) is 0 Å². The standard InChI is InChI=1S/C15H19NO2/c1-3-4-12(16)9-13(17)15-8-11-7-10(2)5-6-14(11)18-15/h5-8,12H,3-4,9,16H2,1-2H3. The van der Waals surface area contributed by atoms with Crippen molar-refractivity contribution in [2.45, 2.75) is 39.2 Å². The largest absolute Gasteiger partial charge is 0.453 e. The normalized spacial score (nSPS) is 12.8. The Morgan fingerprint density at radius 3 is 2.89 bits per heavy atom. The molecule has 0 aliphatic heterocycles. The summed E-state index contributed by atoms with van der Waals surface area (Å²) in [4.78, 5) is 12.0. The van der Waals surface area contributed by atoms with Crippen LogP contribution in [0.1, 0.15) is 42.3 Å². The fourth-order valence-electron chi connectivity index (χ4n) is 2.11. The van der Waals surface area contributed by atoms with Gasteiger partial charge in [-0.3, -0.25) is 4.79 Å². The molecule has 3 nitrogen and oxygen atoms in total. The van der Waals surface area contributed by atoms with Gasteiger partial charge in [-0.15, -0.1) is 0 Å². The average Bonchev–Trinajstić information content (AvgIpc) is 2.72. The van der Waals surface area contributed by atoms with Gasteiger partial charge in [0.2, 0.25) is 0 Å². The third-order valence-electron chi connectivity index (χ3n) is 3.05. The van der Waals surface area contributed by atoms with Crippen LogP contribution in [0.15, 0.2) is 28.7 Å². The van der Waals surface area contributed by atoms with Crippen LogP contribution < -0.4 is 5.73 Å². The summed E-state index contributed by atoms with van der Waals surface area (Å²) in [5.41, 5.74) is 7.79. The Kier molecular flexibility index (Phi) is 3.82. The van der Waals surface area contributed by atoms with Gasteiger partial charge in [0.1, 0.15) is 5.58 Å². The van der Waals surface area contributed by atoms with E-state index in [4.69, 9.17) is 10.2 Å². The van der Waals surface area contributed by atoms with E-state index in [0.29, 0.717) is 12.2 Å². The summed E-state index contributed by atoms with van der Waals surface area (Å²) >= 11 is 0. The van der Waals surface area contributed by atoms with Crippen LogP contribution >= 0.6 is 0 Å². The Hall–Kier alpha value is -1.61. The molecule has 1 unspecified atom stereocenters. The molecular weight excluding hydrogens is 226 g/mol. The molecule has 18 heavy (non-hydrogen) atoms. The van der Waals surface area contributed by atoms with Gasteiger partial charge in [-0.2, -0.15) is 0 Å². The number of rotatable bonds is 5. The quantitative estimate of drug-likeness (QED) is 0.821. The molecule has 96 valence electrons. The lowest BCUT2D eigenvalue weighted by atomic mass is 10.1. The molecule has 1 heterocycles. The molecule has 0 amide bonds. The fourth-order valence-corrected chi connectivity index (χ4v) is 2.11. The van der Waals surface area contributed by atoms with Gasteiger partial charge in [-0.1, -0.05) is 25.0 Å². The first kappa shape index (κ1) is 12.8. The lowest BCUT2D eigenvalue weighted by Gasteiger charge is -2.06. The predicted octanol–water partition coefficient (Wildman–Crippen LogP) is 3.44. The Labute approximate surface area is 107 Å². The summed E-state index contributed by atoms with van der Waals surface area (Å²) in [6.45, 7) is 4.08. The average molecular weight is 245 g/mol. The minimum Gasteiger partial charge on any atom is -0.453 e.